The van der Waals surface area contributed by atoms with Gasteiger partial charge in [0.05, 0.1) is 24.2 Å². The Kier molecular flexibility index (Phi) is 7.67. The highest BCUT2D eigenvalue weighted by Gasteiger charge is 2.36. The van der Waals surface area contributed by atoms with Crippen LogP contribution in [0.1, 0.15) is 19.4 Å². The van der Waals surface area contributed by atoms with E-state index in [0.29, 0.717) is 24.7 Å². The van der Waals surface area contributed by atoms with Crippen LogP contribution in [0.25, 0.3) is 16.8 Å². The number of nitrogens with zero attached hydrogens (tertiary/aromatic N) is 2. The number of ether oxygens (including phenoxy) is 2. The Morgan fingerprint density at radius 2 is 1.79 bits per heavy atom. The molecule has 9 heteroatoms. The number of hydrogen-bond acceptors (Lipinski definition) is 7. The Bertz CT molecular complexity index is 1400. The van der Waals surface area contributed by atoms with Crippen molar-refractivity contribution in [1.82, 2.24) is 4.90 Å². The maximum absolute atomic E-state index is 13.2. The first-order chi connectivity index (χ1) is 18.4. The van der Waals surface area contributed by atoms with Crippen molar-refractivity contribution in [2.45, 2.75) is 20.0 Å². The second kappa shape index (κ2) is 11.3. The van der Waals surface area contributed by atoms with E-state index in [1.54, 1.807) is 6.08 Å². The van der Waals surface area contributed by atoms with Gasteiger partial charge in [0.25, 0.3) is 11.1 Å². The van der Waals surface area contributed by atoms with E-state index >= 15 is 0 Å². The maximum atomic E-state index is 13.2. The summed E-state index contributed by atoms with van der Waals surface area (Å²) in [6.07, 6.45) is 1.62. The Hall–Kier alpha value is -3.82. The first-order valence-electron chi connectivity index (χ1n) is 12.6. The van der Waals surface area contributed by atoms with E-state index in [1.165, 1.54) is 0 Å². The normalized spacial score (nSPS) is 17.1. The highest BCUT2D eigenvalue weighted by atomic mass is 32.2. The molecule has 2 aliphatic heterocycles. The zero-order valence-corrected chi connectivity index (χ0v) is 22.1. The number of carbonyl (C=O) groups is 3. The average Bonchev–Trinajstić information content (AvgIpc) is 3.18. The molecule has 3 aromatic rings. The minimum atomic E-state index is -0.499. The van der Waals surface area contributed by atoms with Gasteiger partial charge in [0.2, 0.25) is 5.91 Å². The van der Waals surface area contributed by atoms with Crippen LogP contribution in [0.2, 0.25) is 0 Å². The molecule has 8 nitrogen and oxygen atoms in total. The van der Waals surface area contributed by atoms with Crippen molar-refractivity contribution in [1.29, 1.82) is 0 Å². The van der Waals surface area contributed by atoms with Crippen LogP contribution in [0.15, 0.2) is 65.6 Å². The molecule has 0 aromatic heterocycles. The minimum absolute atomic E-state index is 0.0648. The molecule has 0 spiro atoms. The Balaban J connectivity index is 1.30. The van der Waals surface area contributed by atoms with E-state index in [1.807, 2.05) is 74.5 Å². The number of fused-ring (bicyclic) bond motifs is 1. The predicted molar refractivity (Wildman–Crippen MR) is 150 cm³/mol. The summed E-state index contributed by atoms with van der Waals surface area (Å²) in [5, 5.41) is 4.21. The number of hydrogen-bond donors (Lipinski definition) is 1. The molecule has 0 bridgehead atoms. The van der Waals surface area contributed by atoms with Gasteiger partial charge >= 0.3 is 0 Å². The minimum Gasteiger partial charge on any atom is -0.490 e. The fourth-order valence-corrected chi connectivity index (χ4v) is 5.29. The van der Waals surface area contributed by atoms with E-state index < -0.39 is 17.1 Å². The van der Waals surface area contributed by atoms with Crippen LogP contribution < -0.4 is 15.0 Å². The van der Waals surface area contributed by atoms with Gasteiger partial charge < -0.3 is 19.7 Å². The van der Waals surface area contributed by atoms with Gasteiger partial charge in [0.1, 0.15) is 12.3 Å². The van der Waals surface area contributed by atoms with Gasteiger partial charge in [0, 0.05) is 30.0 Å². The summed E-state index contributed by atoms with van der Waals surface area (Å²) in [5.41, 5.74) is 2.38. The van der Waals surface area contributed by atoms with Crippen LogP contribution in [0.3, 0.4) is 0 Å². The monoisotopic (exact) mass is 531 g/mol. The molecule has 2 fully saturated rings. The maximum Gasteiger partial charge on any atom is 0.294 e. The van der Waals surface area contributed by atoms with Gasteiger partial charge in [-0.2, -0.15) is 0 Å². The third-order valence-corrected chi connectivity index (χ3v) is 7.18. The Morgan fingerprint density at radius 3 is 2.53 bits per heavy atom. The van der Waals surface area contributed by atoms with Crippen LogP contribution in [0.5, 0.6) is 5.75 Å². The van der Waals surface area contributed by atoms with E-state index in [4.69, 9.17) is 9.47 Å². The van der Waals surface area contributed by atoms with E-state index in [9.17, 15) is 14.4 Å². The number of thioether (sulfide) groups is 1. The lowest BCUT2D eigenvalue weighted by molar-refractivity contribution is -0.127. The van der Waals surface area contributed by atoms with Gasteiger partial charge in [-0.1, -0.05) is 30.3 Å². The fraction of sp³-hybridized carbons (Fsp3) is 0.276. The van der Waals surface area contributed by atoms with Crippen molar-refractivity contribution in [2.75, 3.05) is 43.1 Å². The zero-order valence-electron chi connectivity index (χ0n) is 21.3. The van der Waals surface area contributed by atoms with Crippen molar-refractivity contribution in [3.63, 3.8) is 0 Å². The van der Waals surface area contributed by atoms with E-state index in [2.05, 4.69) is 10.2 Å². The van der Waals surface area contributed by atoms with Crippen molar-refractivity contribution in [3.05, 3.63) is 71.1 Å². The molecule has 2 saturated heterocycles. The van der Waals surface area contributed by atoms with Gasteiger partial charge in [-0.05, 0) is 72.8 Å². The summed E-state index contributed by atoms with van der Waals surface area (Å²) >= 11 is 0.826. The fourth-order valence-electron chi connectivity index (χ4n) is 4.47. The number of carbonyl (C=O) groups excluding carboxylic acids is 3. The SMILES string of the molecule is CC(C)Oc1ccc2ccccc2c1/C=C1\SC(=O)N(CC(=O)Nc2ccc(N3CCOCC3)cc2)C1=O. The van der Waals surface area contributed by atoms with Crippen LogP contribution in [-0.4, -0.2) is 60.9 Å². The van der Waals surface area contributed by atoms with Gasteiger partial charge in [-0.3, -0.25) is 19.3 Å². The average molecular weight is 532 g/mol. The molecule has 196 valence electrons. The van der Waals surface area contributed by atoms with E-state index in [-0.39, 0.29) is 17.6 Å². The number of amides is 3. The smallest absolute Gasteiger partial charge is 0.294 e. The van der Waals surface area contributed by atoms with Gasteiger partial charge in [-0.15, -0.1) is 0 Å². The molecule has 38 heavy (non-hydrogen) atoms. The quantitative estimate of drug-likeness (QED) is 0.423. The number of rotatable bonds is 7. The molecule has 2 heterocycles. The predicted octanol–water partition coefficient (Wildman–Crippen LogP) is 5.14. The lowest BCUT2D eigenvalue weighted by Gasteiger charge is -2.28. The molecule has 0 unspecified atom stereocenters. The molecule has 5 rings (SSSR count). The number of benzene rings is 3. The van der Waals surface area contributed by atoms with Gasteiger partial charge in [-0.25, -0.2) is 0 Å². The Labute approximate surface area is 225 Å². The van der Waals surface area contributed by atoms with Crippen LogP contribution in [0, 0.1) is 0 Å². The molecule has 0 aliphatic carbocycles. The summed E-state index contributed by atoms with van der Waals surface area (Å²) < 4.78 is 11.4. The third-order valence-electron chi connectivity index (χ3n) is 6.27. The van der Waals surface area contributed by atoms with Crippen LogP contribution in [-0.2, 0) is 14.3 Å². The molecule has 2 aliphatic rings. The molecule has 0 atom stereocenters. The number of imide groups is 1. The number of anilines is 2. The number of nitrogens with one attached hydrogen (secondary N) is 1. The summed E-state index contributed by atoms with van der Waals surface area (Å²) in [4.78, 5) is 42.1. The van der Waals surface area contributed by atoms with Crippen molar-refractivity contribution < 1.29 is 23.9 Å². The largest absolute Gasteiger partial charge is 0.490 e. The summed E-state index contributed by atoms with van der Waals surface area (Å²) in [5.74, 6) is -0.313. The zero-order chi connectivity index (χ0) is 26.6. The topological polar surface area (TPSA) is 88.2 Å². The highest BCUT2D eigenvalue weighted by molar-refractivity contribution is 8.18. The van der Waals surface area contributed by atoms with Crippen LogP contribution >= 0.6 is 11.8 Å². The van der Waals surface area contributed by atoms with E-state index in [0.717, 1.165) is 51.8 Å². The molecule has 0 radical (unpaired) electrons. The summed E-state index contributed by atoms with van der Waals surface area (Å²) in [6, 6.07) is 19.1. The van der Waals surface area contributed by atoms with Crippen molar-refractivity contribution >= 4 is 57.0 Å². The lowest BCUT2D eigenvalue weighted by atomic mass is 10.0. The third kappa shape index (κ3) is 5.69. The van der Waals surface area contributed by atoms with Gasteiger partial charge in [0.15, 0.2) is 0 Å². The highest BCUT2D eigenvalue weighted by Crippen LogP contribution is 2.37. The first-order valence-corrected chi connectivity index (χ1v) is 13.4. The standard InChI is InChI=1S/C29H29N3O5S/c1-19(2)37-25-12-7-20-5-3-4-6-23(20)24(25)17-26-28(34)32(29(35)38-26)18-27(33)30-21-8-10-22(11-9-21)31-13-15-36-16-14-31/h3-12,17,19H,13-16,18H2,1-2H3,(H,30,33)/b26-17-. The molecular weight excluding hydrogens is 502 g/mol. The van der Waals surface area contributed by atoms with Crippen LogP contribution in [0.4, 0.5) is 16.2 Å². The molecule has 1 N–H and O–H groups in total. The second-order valence-electron chi connectivity index (χ2n) is 9.33. The second-order valence-corrected chi connectivity index (χ2v) is 10.3. The number of morpholine rings is 1. The first kappa shape index (κ1) is 25.8. The summed E-state index contributed by atoms with van der Waals surface area (Å²) in [6.45, 7) is 6.53. The molecule has 3 aromatic carbocycles. The lowest BCUT2D eigenvalue weighted by Crippen LogP contribution is -2.36. The molecular formula is C29H29N3O5S. The van der Waals surface area contributed by atoms with Crippen molar-refractivity contribution in [3.8, 4) is 5.75 Å². The molecule has 3 amide bonds. The molecule has 0 saturated carbocycles. The van der Waals surface area contributed by atoms with Crippen molar-refractivity contribution in [2.24, 2.45) is 0 Å². The Morgan fingerprint density at radius 1 is 1.05 bits per heavy atom. The summed E-state index contributed by atoms with van der Waals surface area (Å²) in [7, 11) is 0.